The van der Waals surface area contributed by atoms with E-state index in [-0.39, 0.29) is 28.0 Å². The van der Waals surface area contributed by atoms with Crippen LogP contribution in [0, 0.1) is 16.3 Å². The highest BCUT2D eigenvalue weighted by Gasteiger charge is 2.23. The first-order valence-corrected chi connectivity index (χ1v) is 12.2. The van der Waals surface area contributed by atoms with Crippen LogP contribution < -0.4 is 27.0 Å². The van der Waals surface area contributed by atoms with Crippen molar-refractivity contribution in [2.75, 3.05) is 23.3 Å². The molecule has 0 atom stereocenters. The number of hydrogen-bond acceptors (Lipinski definition) is 5. The summed E-state index contributed by atoms with van der Waals surface area (Å²) in [6.07, 6.45) is 1.10. The Morgan fingerprint density at radius 1 is 0.943 bits per heavy atom. The zero-order chi connectivity index (χ0) is 25.0. The summed E-state index contributed by atoms with van der Waals surface area (Å²) < 4.78 is 19.1. The Hall–Kier alpha value is -3.41. The Morgan fingerprint density at radius 3 is 2.31 bits per heavy atom. The van der Waals surface area contributed by atoms with Crippen LogP contribution in [-0.4, -0.2) is 26.8 Å². The van der Waals surface area contributed by atoms with Crippen molar-refractivity contribution in [1.82, 2.24) is 13.7 Å². The molecular formula is C25H23FIN5O3. The highest BCUT2D eigenvalue weighted by atomic mass is 127. The van der Waals surface area contributed by atoms with Crippen LogP contribution >= 0.6 is 22.6 Å². The van der Waals surface area contributed by atoms with Gasteiger partial charge in [-0.05, 0) is 72.3 Å². The van der Waals surface area contributed by atoms with E-state index in [2.05, 4.69) is 10.2 Å². The minimum absolute atomic E-state index is 0.115. The zero-order valence-electron chi connectivity index (χ0n) is 19.4. The number of hydrogen-bond donors (Lipinski definition) is 1. The molecule has 0 saturated carbocycles. The van der Waals surface area contributed by atoms with Gasteiger partial charge in [0, 0.05) is 42.0 Å². The monoisotopic (exact) mass is 587 g/mol. The molecular weight excluding hydrogens is 564 g/mol. The van der Waals surface area contributed by atoms with Crippen LogP contribution in [0.15, 0.2) is 56.8 Å². The van der Waals surface area contributed by atoms with E-state index < -0.39 is 22.6 Å². The maximum atomic E-state index is 14.7. The second kappa shape index (κ2) is 8.67. The van der Waals surface area contributed by atoms with Gasteiger partial charge >= 0.3 is 5.69 Å². The molecule has 4 aromatic rings. The Labute approximate surface area is 213 Å². The van der Waals surface area contributed by atoms with Crippen LogP contribution in [0.4, 0.5) is 21.6 Å². The van der Waals surface area contributed by atoms with Gasteiger partial charge in [-0.25, -0.2) is 9.18 Å². The number of benzene rings is 2. The van der Waals surface area contributed by atoms with E-state index in [0.717, 1.165) is 29.8 Å². The predicted molar refractivity (Wildman–Crippen MR) is 144 cm³/mol. The number of aromatic nitrogens is 3. The molecule has 5 rings (SSSR count). The van der Waals surface area contributed by atoms with Crippen molar-refractivity contribution < 1.29 is 4.39 Å². The first-order chi connectivity index (χ1) is 16.7. The van der Waals surface area contributed by atoms with Crippen LogP contribution in [0.3, 0.4) is 0 Å². The molecule has 0 amide bonds. The Morgan fingerprint density at radius 2 is 1.66 bits per heavy atom. The third-order valence-corrected chi connectivity index (χ3v) is 7.17. The van der Waals surface area contributed by atoms with Gasteiger partial charge < -0.3 is 10.2 Å². The lowest BCUT2D eigenvalue weighted by atomic mass is 10.1. The number of fused-ring (bicyclic) bond motifs is 1. The van der Waals surface area contributed by atoms with Crippen molar-refractivity contribution in [1.29, 1.82) is 0 Å². The first kappa shape index (κ1) is 23.3. The third kappa shape index (κ3) is 3.76. The SMILES string of the molecule is Cc1c(=O)n(C)c(Nc2ccc(I)cc2F)c2c(=O)n(C)c(=O)n(-c3cccc(N4CCC4)c3)c12. The third-order valence-electron chi connectivity index (χ3n) is 6.50. The van der Waals surface area contributed by atoms with E-state index in [0.29, 0.717) is 9.26 Å². The van der Waals surface area contributed by atoms with Gasteiger partial charge in [-0.3, -0.25) is 23.3 Å². The highest BCUT2D eigenvalue weighted by molar-refractivity contribution is 14.1. The topological polar surface area (TPSA) is 81.3 Å². The second-order valence-electron chi connectivity index (χ2n) is 8.65. The minimum atomic E-state index is -0.577. The normalized spacial score (nSPS) is 13.2. The van der Waals surface area contributed by atoms with Gasteiger partial charge in [-0.1, -0.05) is 6.07 Å². The van der Waals surface area contributed by atoms with E-state index in [1.54, 1.807) is 25.1 Å². The fraction of sp³-hybridized carbons (Fsp3) is 0.240. The summed E-state index contributed by atoms with van der Waals surface area (Å²) in [6.45, 7) is 3.46. The summed E-state index contributed by atoms with van der Waals surface area (Å²) in [5.74, 6) is -0.408. The summed E-state index contributed by atoms with van der Waals surface area (Å²) in [5.41, 5.74) is 0.538. The molecule has 2 aromatic heterocycles. The average molecular weight is 587 g/mol. The van der Waals surface area contributed by atoms with Gasteiger partial charge in [-0.2, -0.15) is 0 Å². The lowest BCUT2D eigenvalue weighted by Gasteiger charge is -2.33. The van der Waals surface area contributed by atoms with Gasteiger partial charge in [0.25, 0.3) is 11.1 Å². The zero-order valence-corrected chi connectivity index (χ0v) is 21.6. The molecule has 1 aliphatic heterocycles. The molecule has 10 heteroatoms. The van der Waals surface area contributed by atoms with E-state index in [1.165, 1.54) is 29.3 Å². The van der Waals surface area contributed by atoms with Crippen LogP contribution in [0.25, 0.3) is 16.6 Å². The smallest absolute Gasteiger partial charge is 0.335 e. The number of nitrogens with zero attached hydrogens (tertiary/aromatic N) is 4. The van der Waals surface area contributed by atoms with E-state index in [4.69, 9.17) is 0 Å². The molecule has 0 spiro atoms. The molecule has 3 heterocycles. The van der Waals surface area contributed by atoms with E-state index >= 15 is 0 Å². The Balaban J connectivity index is 1.86. The van der Waals surface area contributed by atoms with E-state index in [1.807, 2.05) is 40.8 Å². The Bertz CT molecular complexity index is 1680. The van der Waals surface area contributed by atoms with Crippen LogP contribution in [0.1, 0.15) is 12.0 Å². The van der Waals surface area contributed by atoms with Gasteiger partial charge in [0.1, 0.15) is 17.0 Å². The van der Waals surface area contributed by atoms with Gasteiger partial charge in [0.05, 0.1) is 16.9 Å². The van der Waals surface area contributed by atoms with Gasteiger partial charge in [0.15, 0.2) is 0 Å². The molecule has 0 bridgehead atoms. The van der Waals surface area contributed by atoms with Crippen molar-refractivity contribution in [3.05, 3.63) is 88.6 Å². The highest BCUT2D eigenvalue weighted by Crippen LogP contribution is 2.28. The quantitative estimate of drug-likeness (QED) is 0.371. The van der Waals surface area contributed by atoms with Gasteiger partial charge in [0.2, 0.25) is 0 Å². The van der Waals surface area contributed by atoms with Crippen LogP contribution in [0.2, 0.25) is 0 Å². The molecule has 1 saturated heterocycles. The van der Waals surface area contributed by atoms with Crippen LogP contribution in [0.5, 0.6) is 0 Å². The van der Waals surface area contributed by atoms with E-state index in [9.17, 15) is 18.8 Å². The summed E-state index contributed by atoms with van der Waals surface area (Å²) in [7, 11) is 2.91. The first-order valence-electron chi connectivity index (χ1n) is 11.1. The molecule has 35 heavy (non-hydrogen) atoms. The molecule has 0 unspecified atom stereocenters. The number of anilines is 3. The maximum Gasteiger partial charge on any atom is 0.335 e. The Kier molecular flexibility index (Phi) is 5.78. The van der Waals surface area contributed by atoms with Gasteiger partial charge in [-0.15, -0.1) is 0 Å². The average Bonchev–Trinajstić information content (AvgIpc) is 2.79. The number of pyridine rings is 1. The van der Waals surface area contributed by atoms with Crippen LogP contribution in [-0.2, 0) is 14.1 Å². The number of rotatable bonds is 4. The molecule has 0 aliphatic carbocycles. The fourth-order valence-electron chi connectivity index (χ4n) is 4.41. The van der Waals surface area contributed by atoms with Crippen molar-refractivity contribution in [2.24, 2.45) is 14.1 Å². The summed E-state index contributed by atoms with van der Waals surface area (Å²) in [6, 6.07) is 12.1. The lowest BCUT2D eigenvalue weighted by molar-refractivity contribution is 0.617. The molecule has 2 aromatic carbocycles. The number of halogens is 2. The fourth-order valence-corrected chi connectivity index (χ4v) is 4.86. The molecule has 0 radical (unpaired) electrons. The summed E-state index contributed by atoms with van der Waals surface area (Å²) >= 11 is 2.00. The van der Waals surface area contributed by atoms with Crippen molar-refractivity contribution in [3.63, 3.8) is 0 Å². The summed E-state index contributed by atoms with van der Waals surface area (Å²) in [4.78, 5) is 42.3. The summed E-state index contributed by atoms with van der Waals surface area (Å²) in [5, 5.41) is 3.06. The van der Waals surface area contributed by atoms with Crippen molar-refractivity contribution in [3.8, 4) is 5.69 Å². The standard InChI is InChI=1S/C25H23FIN5O3/c1-14-21-20(22(29(2)23(14)33)28-19-9-8-15(27)12-18(19)26)24(34)30(3)25(35)32(21)17-7-4-6-16(13-17)31-10-5-11-31/h4,6-9,12-13,28H,5,10-11H2,1-3H3. The van der Waals surface area contributed by atoms with Crippen molar-refractivity contribution >= 4 is 50.7 Å². The predicted octanol–water partition coefficient (Wildman–Crippen LogP) is 3.39. The largest absolute Gasteiger partial charge is 0.371 e. The molecule has 8 nitrogen and oxygen atoms in total. The molecule has 1 fully saturated rings. The number of aryl methyl sites for hydroxylation is 1. The molecule has 1 N–H and O–H groups in total. The lowest BCUT2D eigenvalue weighted by Crippen LogP contribution is -2.40. The second-order valence-corrected chi connectivity index (χ2v) is 9.90. The minimum Gasteiger partial charge on any atom is -0.371 e. The maximum absolute atomic E-state index is 14.7. The van der Waals surface area contributed by atoms with Crippen molar-refractivity contribution in [2.45, 2.75) is 13.3 Å². The molecule has 1 aliphatic rings. The number of nitrogens with one attached hydrogen (secondary N) is 1. The molecule has 180 valence electrons.